The van der Waals surface area contributed by atoms with Crippen molar-refractivity contribution in [2.45, 2.75) is 58.2 Å². The van der Waals surface area contributed by atoms with Crippen LogP contribution >= 0.6 is 0 Å². The molecule has 1 aromatic rings. The molecule has 0 N–H and O–H groups in total. The van der Waals surface area contributed by atoms with Gasteiger partial charge in [-0.05, 0) is 32.3 Å². The Kier molecular flexibility index (Phi) is 4.82. The first kappa shape index (κ1) is 15.5. The number of hydrogen-bond donors (Lipinski definition) is 0. The Labute approximate surface area is 133 Å². The summed E-state index contributed by atoms with van der Waals surface area (Å²) in [5, 5.41) is 0. The maximum atomic E-state index is 12.8. The summed E-state index contributed by atoms with van der Waals surface area (Å²) >= 11 is 0. The molecule has 0 radical (unpaired) electrons. The first-order chi connectivity index (χ1) is 10.6. The van der Waals surface area contributed by atoms with Gasteiger partial charge in [0.15, 0.2) is 0 Å². The molecular formula is C19H27NO2. The molecule has 22 heavy (non-hydrogen) atoms. The van der Waals surface area contributed by atoms with Crippen molar-refractivity contribution in [1.82, 2.24) is 4.90 Å². The van der Waals surface area contributed by atoms with Gasteiger partial charge >= 0.3 is 0 Å². The van der Waals surface area contributed by atoms with Crippen molar-refractivity contribution in [3.05, 3.63) is 35.4 Å². The van der Waals surface area contributed by atoms with Crippen LogP contribution in [-0.4, -0.2) is 30.0 Å². The zero-order chi connectivity index (χ0) is 15.5. The molecule has 0 spiro atoms. The summed E-state index contributed by atoms with van der Waals surface area (Å²) in [6, 6.07) is 8.49. The quantitative estimate of drug-likeness (QED) is 0.830. The summed E-state index contributed by atoms with van der Waals surface area (Å²) in [6.07, 6.45) is 5.95. The van der Waals surface area contributed by atoms with E-state index in [0.29, 0.717) is 12.5 Å². The van der Waals surface area contributed by atoms with Gasteiger partial charge in [-0.15, -0.1) is 0 Å². The molecule has 2 fully saturated rings. The van der Waals surface area contributed by atoms with Crippen molar-refractivity contribution in [1.29, 1.82) is 0 Å². The number of carbonyl (C=O) groups is 1. The predicted molar refractivity (Wildman–Crippen MR) is 87.6 cm³/mol. The highest BCUT2D eigenvalue weighted by molar-refractivity contribution is 5.79. The maximum Gasteiger partial charge on any atom is 0.225 e. The average molecular weight is 301 g/mol. The molecule has 1 aliphatic carbocycles. The van der Waals surface area contributed by atoms with Gasteiger partial charge in [0.2, 0.25) is 5.91 Å². The molecule has 1 saturated heterocycles. The Balaban J connectivity index is 1.70. The van der Waals surface area contributed by atoms with Crippen LogP contribution in [0, 0.1) is 12.8 Å². The van der Waals surface area contributed by atoms with Crippen molar-refractivity contribution in [3.8, 4) is 0 Å². The van der Waals surface area contributed by atoms with Crippen LogP contribution in [0.15, 0.2) is 24.3 Å². The van der Waals surface area contributed by atoms with Crippen molar-refractivity contribution < 1.29 is 9.53 Å². The number of hydrogen-bond acceptors (Lipinski definition) is 2. The lowest BCUT2D eigenvalue weighted by molar-refractivity contribution is -0.150. The first-order valence-electron chi connectivity index (χ1n) is 8.64. The fraction of sp³-hybridized carbons (Fsp3) is 0.632. The number of carbonyl (C=O) groups excluding carboxylic acids is 1. The topological polar surface area (TPSA) is 29.5 Å². The van der Waals surface area contributed by atoms with E-state index in [1.54, 1.807) is 0 Å². The number of nitrogens with zero attached hydrogens (tertiary/aromatic N) is 1. The number of amides is 1. The van der Waals surface area contributed by atoms with E-state index in [1.165, 1.54) is 30.4 Å². The second-order valence-electron chi connectivity index (χ2n) is 6.92. The number of morpholine rings is 1. The lowest BCUT2D eigenvalue weighted by Crippen LogP contribution is -2.48. The van der Waals surface area contributed by atoms with Crippen LogP contribution in [-0.2, 0) is 9.53 Å². The minimum Gasteiger partial charge on any atom is -0.367 e. The summed E-state index contributed by atoms with van der Waals surface area (Å²) in [5.41, 5.74) is 2.43. The van der Waals surface area contributed by atoms with Gasteiger partial charge in [0.25, 0.3) is 0 Å². The molecule has 120 valence electrons. The first-order valence-corrected chi connectivity index (χ1v) is 8.64. The monoisotopic (exact) mass is 301 g/mol. The standard InChI is InChI=1S/C19H27NO2/c1-14-8-10-16(11-9-14)18-13-20(12-15(2)22-18)19(21)17-6-4-3-5-7-17/h8-11,15,17-18H,3-7,12-13H2,1-2H3. The molecule has 0 bridgehead atoms. The normalized spacial score (nSPS) is 26.9. The lowest BCUT2D eigenvalue weighted by Gasteiger charge is -2.39. The number of ether oxygens (including phenoxy) is 1. The van der Waals surface area contributed by atoms with E-state index < -0.39 is 0 Å². The molecule has 1 aliphatic heterocycles. The van der Waals surface area contributed by atoms with Gasteiger partial charge in [0.05, 0.1) is 12.6 Å². The minimum absolute atomic E-state index is 0.0110. The van der Waals surface area contributed by atoms with Gasteiger partial charge in [0.1, 0.15) is 6.10 Å². The summed E-state index contributed by atoms with van der Waals surface area (Å²) in [7, 11) is 0. The second kappa shape index (κ2) is 6.82. The maximum absolute atomic E-state index is 12.8. The van der Waals surface area contributed by atoms with Gasteiger partial charge in [-0.3, -0.25) is 4.79 Å². The Morgan fingerprint density at radius 2 is 1.77 bits per heavy atom. The summed E-state index contributed by atoms with van der Waals surface area (Å²) in [4.78, 5) is 14.9. The molecule has 2 atom stereocenters. The molecule has 3 heteroatoms. The fourth-order valence-electron chi connectivity index (χ4n) is 3.70. The number of aryl methyl sites for hydroxylation is 1. The molecular weight excluding hydrogens is 274 g/mol. The number of benzene rings is 1. The van der Waals surface area contributed by atoms with E-state index in [0.717, 1.165) is 19.4 Å². The van der Waals surface area contributed by atoms with Gasteiger partial charge < -0.3 is 9.64 Å². The molecule has 1 saturated carbocycles. The Morgan fingerprint density at radius 1 is 1.09 bits per heavy atom. The largest absolute Gasteiger partial charge is 0.367 e. The molecule has 2 unspecified atom stereocenters. The zero-order valence-corrected chi connectivity index (χ0v) is 13.8. The third kappa shape index (κ3) is 3.52. The van der Waals surface area contributed by atoms with Crippen LogP contribution < -0.4 is 0 Å². The number of rotatable bonds is 2. The third-order valence-corrected chi connectivity index (χ3v) is 4.98. The highest BCUT2D eigenvalue weighted by Gasteiger charge is 2.33. The van der Waals surface area contributed by atoms with Crippen LogP contribution in [0.3, 0.4) is 0 Å². The minimum atomic E-state index is 0.0110. The van der Waals surface area contributed by atoms with E-state index in [-0.39, 0.29) is 18.1 Å². The average Bonchev–Trinajstić information content (AvgIpc) is 2.55. The Hall–Kier alpha value is -1.35. The molecule has 2 aliphatic rings. The highest BCUT2D eigenvalue weighted by atomic mass is 16.5. The third-order valence-electron chi connectivity index (χ3n) is 4.98. The SMILES string of the molecule is Cc1ccc(C2CN(C(=O)C3CCCCC3)CC(C)O2)cc1. The molecule has 1 amide bonds. The molecule has 3 nitrogen and oxygen atoms in total. The molecule has 3 rings (SSSR count). The Bertz CT molecular complexity index is 505. The van der Waals surface area contributed by atoms with E-state index in [9.17, 15) is 4.79 Å². The highest BCUT2D eigenvalue weighted by Crippen LogP contribution is 2.30. The second-order valence-corrected chi connectivity index (χ2v) is 6.92. The Morgan fingerprint density at radius 3 is 2.45 bits per heavy atom. The molecule has 1 heterocycles. The van der Waals surface area contributed by atoms with Gasteiger partial charge in [-0.2, -0.15) is 0 Å². The molecule has 1 aromatic carbocycles. The zero-order valence-electron chi connectivity index (χ0n) is 13.8. The van der Waals surface area contributed by atoms with E-state index in [2.05, 4.69) is 43.0 Å². The van der Waals surface area contributed by atoms with E-state index in [1.807, 2.05) is 0 Å². The summed E-state index contributed by atoms with van der Waals surface area (Å²) in [6.45, 7) is 5.59. The lowest BCUT2D eigenvalue weighted by atomic mass is 9.88. The van der Waals surface area contributed by atoms with Crippen molar-refractivity contribution in [2.24, 2.45) is 5.92 Å². The smallest absolute Gasteiger partial charge is 0.225 e. The van der Waals surface area contributed by atoms with Gasteiger partial charge in [-0.1, -0.05) is 49.1 Å². The van der Waals surface area contributed by atoms with Gasteiger partial charge in [0, 0.05) is 12.5 Å². The predicted octanol–water partition coefficient (Wildman–Crippen LogP) is 3.86. The summed E-state index contributed by atoms with van der Waals surface area (Å²) < 4.78 is 6.09. The van der Waals surface area contributed by atoms with Crippen LogP contribution in [0.4, 0.5) is 0 Å². The van der Waals surface area contributed by atoms with Crippen LogP contribution in [0.5, 0.6) is 0 Å². The van der Waals surface area contributed by atoms with E-state index >= 15 is 0 Å². The van der Waals surface area contributed by atoms with Crippen LogP contribution in [0.25, 0.3) is 0 Å². The van der Waals surface area contributed by atoms with Crippen molar-refractivity contribution in [2.75, 3.05) is 13.1 Å². The van der Waals surface area contributed by atoms with Crippen LogP contribution in [0.2, 0.25) is 0 Å². The van der Waals surface area contributed by atoms with Gasteiger partial charge in [-0.25, -0.2) is 0 Å². The van der Waals surface area contributed by atoms with E-state index in [4.69, 9.17) is 4.74 Å². The fourth-order valence-corrected chi connectivity index (χ4v) is 3.70. The van der Waals surface area contributed by atoms with Crippen LogP contribution in [0.1, 0.15) is 56.3 Å². The molecule has 0 aromatic heterocycles. The summed E-state index contributed by atoms with van der Waals surface area (Å²) in [5.74, 6) is 0.602. The van der Waals surface area contributed by atoms with Crippen molar-refractivity contribution >= 4 is 5.91 Å². The van der Waals surface area contributed by atoms with Crippen molar-refractivity contribution in [3.63, 3.8) is 0 Å².